The average Bonchev–Trinajstić information content (AvgIpc) is 3.19. The van der Waals surface area contributed by atoms with Gasteiger partial charge in [0.1, 0.15) is 0 Å². The standard InChI is InChI=1S/C36H26/c1-22-11-13-26-21-27-15-14-24-7-3-5-9-28(24)34(27)36(32(26)19-22)33-20-23(2)12-17-30(33)31-18-16-25-8-4-6-10-29(25)35(31)36/h3-20H,21H2,1-2H3. The van der Waals surface area contributed by atoms with Crippen molar-refractivity contribution in [2.75, 3.05) is 0 Å². The summed E-state index contributed by atoms with van der Waals surface area (Å²) in [6.45, 7) is 4.47. The summed E-state index contributed by atoms with van der Waals surface area (Å²) in [7, 11) is 0. The van der Waals surface area contributed by atoms with Gasteiger partial charge in [0.2, 0.25) is 0 Å². The first kappa shape index (κ1) is 20.1. The zero-order chi connectivity index (χ0) is 24.0. The van der Waals surface area contributed by atoms with Gasteiger partial charge < -0.3 is 0 Å². The first-order chi connectivity index (χ1) is 17.7. The fraction of sp³-hybridized carbons (Fsp3) is 0.111. The lowest BCUT2D eigenvalue weighted by molar-refractivity contribution is 0.733. The number of rotatable bonds is 0. The monoisotopic (exact) mass is 458 g/mol. The average molecular weight is 459 g/mol. The molecule has 1 unspecified atom stereocenters. The molecular formula is C36H26. The maximum Gasteiger partial charge on any atom is 0.0731 e. The van der Waals surface area contributed by atoms with Crippen molar-refractivity contribution in [3.63, 3.8) is 0 Å². The van der Waals surface area contributed by atoms with Gasteiger partial charge in [0.25, 0.3) is 0 Å². The molecule has 0 aliphatic heterocycles. The van der Waals surface area contributed by atoms with Crippen LogP contribution in [0.2, 0.25) is 0 Å². The quantitative estimate of drug-likeness (QED) is 0.213. The Morgan fingerprint density at radius 3 is 1.86 bits per heavy atom. The van der Waals surface area contributed by atoms with Crippen LogP contribution in [0.15, 0.2) is 109 Å². The molecule has 8 rings (SSSR count). The molecule has 0 aromatic heterocycles. The highest BCUT2D eigenvalue weighted by atomic mass is 14.5. The summed E-state index contributed by atoms with van der Waals surface area (Å²) in [5.74, 6) is 0. The van der Waals surface area contributed by atoms with E-state index in [1.807, 2.05) is 0 Å². The highest BCUT2D eigenvalue weighted by molar-refractivity contribution is 6.03. The minimum Gasteiger partial charge on any atom is -0.0616 e. The molecule has 1 spiro atoms. The topological polar surface area (TPSA) is 0 Å². The second kappa shape index (κ2) is 6.95. The second-order valence-electron chi connectivity index (χ2n) is 10.7. The van der Waals surface area contributed by atoms with Crippen molar-refractivity contribution in [2.45, 2.75) is 25.7 Å². The summed E-state index contributed by atoms with van der Waals surface area (Å²) in [5, 5.41) is 5.35. The van der Waals surface area contributed by atoms with Crippen LogP contribution in [0.25, 0.3) is 32.7 Å². The van der Waals surface area contributed by atoms with Crippen LogP contribution in [0.3, 0.4) is 0 Å². The molecule has 0 saturated carbocycles. The molecule has 6 aromatic carbocycles. The van der Waals surface area contributed by atoms with Crippen LogP contribution in [0.1, 0.15) is 44.5 Å². The predicted molar refractivity (Wildman–Crippen MR) is 151 cm³/mol. The molecule has 0 saturated heterocycles. The Hall–Kier alpha value is -4.16. The molecule has 0 bridgehead atoms. The first-order valence-corrected chi connectivity index (χ1v) is 12.9. The fourth-order valence-electron chi connectivity index (χ4n) is 7.22. The lowest BCUT2D eigenvalue weighted by Crippen LogP contribution is -2.35. The van der Waals surface area contributed by atoms with E-state index in [0.29, 0.717) is 0 Å². The summed E-state index contributed by atoms with van der Waals surface area (Å²) in [6, 6.07) is 41.6. The first-order valence-electron chi connectivity index (χ1n) is 12.9. The Bertz CT molecular complexity index is 1890. The molecule has 0 N–H and O–H groups in total. The lowest BCUT2D eigenvalue weighted by Gasteiger charge is -2.42. The third-order valence-electron chi connectivity index (χ3n) is 8.61. The Balaban J connectivity index is 1.70. The molecular weight excluding hydrogens is 432 g/mol. The lowest BCUT2D eigenvalue weighted by atomic mass is 9.59. The third kappa shape index (κ3) is 2.39. The van der Waals surface area contributed by atoms with Gasteiger partial charge in [-0.25, -0.2) is 0 Å². The molecule has 2 aliphatic carbocycles. The van der Waals surface area contributed by atoms with E-state index in [1.54, 1.807) is 0 Å². The van der Waals surface area contributed by atoms with Gasteiger partial charge in [-0.3, -0.25) is 0 Å². The summed E-state index contributed by atoms with van der Waals surface area (Å²) in [5.41, 5.74) is 13.7. The van der Waals surface area contributed by atoms with Gasteiger partial charge in [-0.1, -0.05) is 120 Å². The molecule has 6 aromatic rings. The van der Waals surface area contributed by atoms with Crippen molar-refractivity contribution >= 4 is 21.5 Å². The molecule has 0 amide bonds. The summed E-state index contributed by atoms with van der Waals surface area (Å²) >= 11 is 0. The summed E-state index contributed by atoms with van der Waals surface area (Å²) in [6.07, 6.45) is 0.971. The molecule has 0 nitrogen and oxygen atoms in total. The number of hydrogen-bond acceptors (Lipinski definition) is 0. The van der Waals surface area contributed by atoms with E-state index in [4.69, 9.17) is 0 Å². The Morgan fingerprint density at radius 1 is 0.500 bits per heavy atom. The van der Waals surface area contributed by atoms with Crippen LogP contribution in [0.4, 0.5) is 0 Å². The van der Waals surface area contributed by atoms with E-state index in [1.165, 1.54) is 77.2 Å². The van der Waals surface area contributed by atoms with E-state index in [2.05, 4.69) is 123 Å². The highest BCUT2D eigenvalue weighted by Gasteiger charge is 2.51. The molecule has 0 fully saturated rings. The van der Waals surface area contributed by atoms with Crippen molar-refractivity contribution in [3.8, 4) is 11.1 Å². The van der Waals surface area contributed by atoms with Gasteiger partial charge in [0, 0.05) is 0 Å². The van der Waals surface area contributed by atoms with Gasteiger partial charge >= 0.3 is 0 Å². The zero-order valence-corrected chi connectivity index (χ0v) is 20.6. The van der Waals surface area contributed by atoms with E-state index in [-0.39, 0.29) is 5.41 Å². The van der Waals surface area contributed by atoms with E-state index < -0.39 is 0 Å². The normalized spacial score (nSPS) is 17.2. The molecule has 2 aliphatic rings. The van der Waals surface area contributed by atoms with E-state index >= 15 is 0 Å². The molecule has 170 valence electrons. The molecule has 36 heavy (non-hydrogen) atoms. The van der Waals surface area contributed by atoms with Crippen molar-refractivity contribution in [2.24, 2.45) is 0 Å². The van der Waals surface area contributed by atoms with Gasteiger partial charge in [-0.2, -0.15) is 0 Å². The highest BCUT2D eigenvalue weighted by Crippen LogP contribution is 2.62. The van der Waals surface area contributed by atoms with Crippen molar-refractivity contribution < 1.29 is 0 Å². The number of fused-ring (bicyclic) bond motifs is 13. The van der Waals surface area contributed by atoms with Crippen LogP contribution in [0, 0.1) is 13.8 Å². The zero-order valence-electron chi connectivity index (χ0n) is 20.6. The van der Waals surface area contributed by atoms with Gasteiger partial charge in [0.05, 0.1) is 5.41 Å². The molecule has 0 radical (unpaired) electrons. The van der Waals surface area contributed by atoms with Crippen molar-refractivity contribution in [1.29, 1.82) is 0 Å². The van der Waals surface area contributed by atoms with Crippen LogP contribution in [0.5, 0.6) is 0 Å². The van der Waals surface area contributed by atoms with Crippen molar-refractivity contribution in [1.82, 2.24) is 0 Å². The van der Waals surface area contributed by atoms with E-state index in [9.17, 15) is 0 Å². The maximum atomic E-state index is 2.48. The predicted octanol–water partition coefficient (Wildman–Crippen LogP) is 8.88. The molecule has 0 heterocycles. The maximum absolute atomic E-state index is 2.48. The fourth-order valence-corrected chi connectivity index (χ4v) is 7.22. The summed E-state index contributed by atoms with van der Waals surface area (Å²) in [4.78, 5) is 0. The molecule has 1 atom stereocenters. The smallest absolute Gasteiger partial charge is 0.0616 e. The summed E-state index contributed by atoms with van der Waals surface area (Å²) < 4.78 is 0. The van der Waals surface area contributed by atoms with Gasteiger partial charge in [-0.05, 0) is 86.3 Å². The Morgan fingerprint density at radius 2 is 1.08 bits per heavy atom. The molecule has 0 heteroatoms. The van der Waals surface area contributed by atoms with E-state index in [0.717, 1.165) is 6.42 Å². The number of aryl methyl sites for hydroxylation is 2. The minimum absolute atomic E-state index is 0.354. The SMILES string of the molecule is Cc1ccc2c(c1)C1(c3cc(C)ccc3-c3ccc4ccccc4c31)c1c(ccc3ccccc13)C2. The Kier molecular flexibility index (Phi) is 3.88. The van der Waals surface area contributed by atoms with Crippen LogP contribution in [-0.2, 0) is 11.8 Å². The number of benzene rings is 6. The van der Waals surface area contributed by atoms with Crippen molar-refractivity contribution in [3.05, 3.63) is 154 Å². The largest absolute Gasteiger partial charge is 0.0731 e. The van der Waals surface area contributed by atoms with Gasteiger partial charge in [-0.15, -0.1) is 0 Å². The van der Waals surface area contributed by atoms with Crippen LogP contribution < -0.4 is 0 Å². The van der Waals surface area contributed by atoms with Crippen LogP contribution >= 0.6 is 0 Å². The number of hydrogen-bond donors (Lipinski definition) is 0. The van der Waals surface area contributed by atoms with Gasteiger partial charge in [0.15, 0.2) is 0 Å². The second-order valence-corrected chi connectivity index (χ2v) is 10.7. The third-order valence-corrected chi connectivity index (χ3v) is 8.61. The Labute approximate surface area is 211 Å². The minimum atomic E-state index is -0.354. The van der Waals surface area contributed by atoms with Crippen LogP contribution in [-0.4, -0.2) is 0 Å².